The van der Waals surface area contributed by atoms with Crippen LogP contribution in [0.15, 0.2) is 0 Å². The standard InChI is InChI=1S/C16H30N4O/c17-12-15(11-16(21)19-7-3-4-8-19)20-10-9-18-6-2-1-5-14(18)13-20/h14-15H,1-13,17H2. The lowest BCUT2D eigenvalue weighted by atomic mass is 9.98. The predicted octanol–water partition coefficient (Wildman–Crippen LogP) is 0.496. The molecule has 0 aromatic carbocycles. The molecule has 3 heterocycles. The number of nitrogens with two attached hydrogens (primary N) is 1. The lowest BCUT2D eigenvalue weighted by Crippen LogP contribution is -2.58. The van der Waals surface area contributed by atoms with Crippen molar-refractivity contribution in [2.45, 2.75) is 50.6 Å². The van der Waals surface area contributed by atoms with Crippen LogP contribution in [0.2, 0.25) is 0 Å². The van der Waals surface area contributed by atoms with E-state index in [0.29, 0.717) is 24.9 Å². The van der Waals surface area contributed by atoms with E-state index in [1.807, 2.05) is 4.90 Å². The molecule has 2 atom stereocenters. The molecule has 1 amide bonds. The molecule has 0 aromatic rings. The minimum Gasteiger partial charge on any atom is -0.343 e. The predicted molar refractivity (Wildman–Crippen MR) is 84.1 cm³/mol. The summed E-state index contributed by atoms with van der Waals surface area (Å²) < 4.78 is 0. The van der Waals surface area contributed by atoms with E-state index in [1.165, 1.54) is 38.6 Å². The van der Waals surface area contributed by atoms with Crippen LogP contribution in [0.1, 0.15) is 38.5 Å². The molecular formula is C16H30N4O. The summed E-state index contributed by atoms with van der Waals surface area (Å²) in [6.45, 7) is 7.10. The zero-order valence-corrected chi connectivity index (χ0v) is 13.2. The van der Waals surface area contributed by atoms with Gasteiger partial charge in [0.1, 0.15) is 0 Å². The maximum atomic E-state index is 12.4. The second kappa shape index (κ2) is 7.07. The van der Waals surface area contributed by atoms with Gasteiger partial charge in [0.25, 0.3) is 0 Å². The Hall–Kier alpha value is -0.650. The number of fused-ring (bicyclic) bond motifs is 1. The van der Waals surface area contributed by atoms with Crippen molar-refractivity contribution in [3.05, 3.63) is 0 Å². The molecule has 2 unspecified atom stereocenters. The smallest absolute Gasteiger partial charge is 0.224 e. The van der Waals surface area contributed by atoms with Crippen molar-refractivity contribution >= 4 is 5.91 Å². The molecule has 0 saturated carbocycles. The number of amides is 1. The number of nitrogens with zero attached hydrogens (tertiary/aromatic N) is 3. The highest BCUT2D eigenvalue weighted by Gasteiger charge is 2.33. The molecule has 3 saturated heterocycles. The molecule has 5 heteroatoms. The highest BCUT2D eigenvalue weighted by Crippen LogP contribution is 2.23. The van der Waals surface area contributed by atoms with Gasteiger partial charge >= 0.3 is 0 Å². The van der Waals surface area contributed by atoms with Crippen molar-refractivity contribution in [1.82, 2.24) is 14.7 Å². The van der Waals surface area contributed by atoms with E-state index >= 15 is 0 Å². The quantitative estimate of drug-likeness (QED) is 0.820. The average Bonchev–Trinajstić information content (AvgIpc) is 3.06. The number of piperazine rings is 1. The Labute approximate surface area is 128 Å². The fourth-order valence-electron chi connectivity index (χ4n) is 4.17. The molecule has 3 aliphatic heterocycles. The van der Waals surface area contributed by atoms with Crippen molar-refractivity contribution in [3.63, 3.8) is 0 Å². The molecule has 0 bridgehead atoms. The lowest BCUT2D eigenvalue weighted by Gasteiger charge is -2.46. The van der Waals surface area contributed by atoms with Crippen molar-refractivity contribution in [1.29, 1.82) is 0 Å². The van der Waals surface area contributed by atoms with E-state index in [4.69, 9.17) is 5.73 Å². The Morgan fingerprint density at radius 3 is 2.57 bits per heavy atom. The van der Waals surface area contributed by atoms with Crippen molar-refractivity contribution < 1.29 is 4.79 Å². The Bertz CT molecular complexity index is 356. The van der Waals surface area contributed by atoms with Crippen LogP contribution in [0, 0.1) is 0 Å². The van der Waals surface area contributed by atoms with Gasteiger partial charge in [-0.2, -0.15) is 0 Å². The van der Waals surface area contributed by atoms with E-state index in [1.54, 1.807) is 0 Å². The number of rotatable bonds is 4. The Kier molecular flexibility index (Phi) is 5.14. The van der Waals surface area contributed by atoms with Gasteiger partial charge in [0.2, 0.25) is 5.91 Å². The molecule has 0 aromatic heterocycles. The summed E-state index contributed by atoms with van der Waals surface area (Å²) in [7, 11) is 0. The van der Waals surface area contributed by atoms with Gasteiger partial charge in [0.05, 0.1) is 0 Å². The van der Waals surface area contributed by atoms with Crippen LogP contribution in [0.3, 0.4) is 0 Å². The number of carbonyl (C=O) groups excluding carboxylic acids is 1. The fraction of sp³-hybridized carbons (Fsp3) is 0.938. The van der Waals surface area contributed by atoms with Crippen LogP contribution < -0.4 is 5.73 Å². The molecule has 5 nitrogen and oxygen atoms in total. The normalized spacial score (nSPS) is 29.4. The van der Waals surface area contributed by atoms with Crippen LogP contribution in [0.5, 0.6) is 0 Å². The third kappa shape index (κ3) is 3.58. The SMILES string of the molecule is NCC(CC(=O)N1CCCC1)N1CCN2CCCCC2C1. The molecule has 0 radical (unpaired) electrons. The topological polar surface area (TPSA) is 52.8 Å². The van der Waals surface area contributed by atoms with E-state index in [-0.39, 0.29) is 6.04 Å². The third-order valence-corrected chi connectivity index (χ3v) is 5.53. The molecule has 2 N–H and O–H groups in total. The molecule has 3 fully saturated rings. The van der Waals surface area contributed by atoms with Crippen molar-refractivity contribution in [2.24, 2.45) is 5.73 Å². The van der Waals surface area contributed by atoms with Gasteiger partial charge in [-0.3, -0.25) is 14.6 Å². The summed E-state index contributed by atoms with van der Waals surface area (Å²) in [4.78, 5) is 19.5. The summed E-state index contributed by atoms with van der Waals surface area (Å²) in [5, 5.41) is 0. The van der Waals surface area contributed by atoms with Gasteiger partial charge in [-0.1, -0.05) is 6.42 Å². The molecule has 120 valence electrons. The minimum atomic E-state index is 0.238. The average molecular weight is 294 g/mol. The van der Waals surface area contributed by atoms with Gasteiger partial charge in [0.15, 0.2) is 0 Å². The van der Waals surface area contributed by atoms with Gasteiger partial charge in [-0.15, -0.1) is 0 Å². The first-order valence-electron chi connectivity index (χ1n) is 8.74. The van der Waals surface area contributed by atoms with Crippen LogP contribution in [-0.2, 0) is 4.79 Å². The van der Waals surface area contributed by atoms with Gasteiger partial charge < -0.3 is 10.6 Å². The van der Waals surface area contributed by atoms with E-state index in [2.05, 4.69) is 9.80 Å². The van der Waals surface area contributed by atoms with Crippen LogP contribution in [0.25, 0.3) is 0 Å². The van der Waals surface area contributed by atoms with Crippen LogP contribution in [0.4, 0.5) is 0 Å². The number of hydrogen-bond acceptors (Lipinski definition) is 4. The van der Waals surface area contributed by atoms with E-state index < -0.39 is 0 Å². The largest absolute Gasteiger partial charge is 0.343 e. The third-order valence-electron chi connectivity index (χ3n) is 5.53. The zero-order chi connectivity index (χ0) is 14.7. The summed E-state index contributed by atoms with van der Waals surface area (Å²) in [5.41, 5.74) is 5.99. The molecule has 21 heavy (non-hydrogen) atoms. The summed E-state index contributed by atoms with van der Waals surface area (Å²) in [6, 6.07) is 0.936. The number of carbonyl (C=O) groups is 1. The van der Waals surface area contributed by atoms with E-state index in [9.17, 15) is 4.79 Å². The minimum absolute atomic E-state index is 0.238. The Morgan fingerprint density at radius 1 is 1.05 bits per heavy atom. The highest BCUT2D eigenvalue weighted by molar-refractivity contribution is 5.77. The highest BCUT2D eigenvalue weighted by atomic mass is 16.2. The molecule has 0 spiro atoms. The molecular weight excluding hydrogens is 264 g/mol. The lowest BCUT2D eigenvalue weighted by molar-refractivity contribution is -0.131. The number of piperidine rings is 1. The Morgan fingerprint density at radius 2 is 1.81 bits per heavy atom. The van der Waals surface area contributed by atoms with E-state index in [0.717, 1.165) is 32.7 Å². The summed E-state index contributed by atoms with van der Waals surface area (Å²) in [5.74, 6) is 0.314. The second-order valence-electron chi connectivity index (χ2n) is 6.86. The molecule has 0 aliphatic carbocycles. The first-order valence-corrected chi connectivity index (χ1v) is 8.74. The van der Waals surface area contributed by atoms with Gasteiger partial charge in [-0.25, -0.2) is 0 Å². The first-order chi connectivity index (χ1) is 10.3. The fourth-order valence-corrected chi connectivity index (χ4v) is 4.17. The van der Waals surface area contributed by atoms with Gasteiger partial charge in [-0.05, 0) is 32.2 Å². The van der Waals surface area contributed by atoms with Crippen LogP contribution >= 0.6 is 0 Å². The van der Waals surface area contributed by atoms with Crippen molar-refractivity contribution in [3.8, 4) is 0 Å². The second-order valence-corrected chi connectivity index (χ2v) is 6.86. The maximum Gasteiger partial charge on any atom is 0.224 e. The van der Waals surface area contributed by atoms with Crippen molar-refractivity contribution in [2.75, 3.05) is 45.8 Å². The zero-order valence-electron chi connectivity index (χ0n) is 13.2. The monoisotopic (exact) mass is 294 g/mol. The van der Waals surface area contributed by atoms with Crippen LogP contribution in [-0.4, -0.2) is 78.5 Å². The maximum absolute atomic E-state index is 12.4. The Balaban J connectivity index is 1.54. The molecule has 3 aliphatic rings. The number of likely N-dealkylation sites (tertiary alicyclic amines) is 1. The molecule has 3 rings (SSSR count). The first kappa shape index (κ1) is 15.3. The van der Waals surface area contributed by atoms with Gasteiger partial charge in [0, 0.05) is 57.8 Å². The summed E-state index contributed by atoms with van der Waals surface area (Å²) >= 11 is 0. The number of hydrogen-bond donors (Lipinski definition) is 1. The summed E-state index contributed by atoms with van der Waals surface area (Å²) in [6.07, 6.45) is 6.97.